The summed E-state index contributed by atoms with van der Waals surface area (Å²) in [7, 11) is 0. The highest BCUT2D eigenvalue weighted by molar-refractivity contribution is 6.04. The largest absolute Gasteiger partial charge is 0.507 e. The van der Waals surface area contributed by atoms with Crippen LogP contribution in [0.15, 0.2) is 72.8 Å². The van der Waals surface area contributed by atoms with E-state index in [2.05, 4.69) is 0 Å². The fraction of sp³-hybridized carbons (Fsp3) is 0.161. The molecule has 0 saturated heterocycles. The number of benzene rings is 4. The molecule has 0 unspecified atom stereocenters. The molecule has 12 heteroatoms. The topological polar surface area (TPSA) is 115 Å². The summed E-state index contributed by atoms with van der Waals surface area (Å²) < 4.78 is 80.6. The molecular weight excluding hydrogens is 582 g/mol. The second-order valence-corrected chi connectivity index (χ2v) is 9.67. The second kappa shape index (κ2) is 11.7. The molecule has 0 heterocycles. The lowest BCUT2D eigenvalue weighted by molar-refractivity contribution is -0.0889. The highest BCUT2D eigenvalue weighted by Gasteiger charge is 2.43. The van der Waals surface area contributed by atoms with E-state index < -0.39 is 75.6 Å². The molecule has 4 rings (SSSR count). The summed E-state index contributed by atoms with van der Waals surface area (Å²) in [6.45, 7) is 0. The minimum Gasteiger partial charge on any atom is -0.507 e. The molecular formula is C31H22F6O6. The molecule has 0 radical (unpaired) electrons. The van der Waals surface area contributed by atoms with E-state index in [-0.39, 0.29) is 24.0 Å². The zero-order valence-electron chi connectivity index (χ0n) is 21.9. The average Bonchev–Trinajstić information content (AvgIpc) is 2.95. The van der Waals surface area contributed by atoms with Gasteiger partial charge >= 0.3 is 12.4 Å². The van der Waals surface area contributed by atoms with Gasteiger partial charge in [0.1, 0.15) is 23.0 Å². The predicted molar refractivity (Wildman–Crippen MR) is 142 cm³/mol. The van der Waals surface area contributed by atoms with Crippen molar-refractivity contribution in [2.45, 2.75) is 31.6 Å². The van der Waals surface area contributed by atoms with Crippen molar-refractivity contribution >= 4 is 11.6 Å². The summed E-state index contributed by atoms with van der Waals surface area (Å²) in [5, 5.41) is 43.6. The number of Topliss-reactive ketones (excluding diaryl/α,β-unsaturated/α-hetero) is 2. The number of phenolic OH excluding ortho intramolecular Hbond substituents is 4. The van der Waals surface area contributed by atoms with Gasteiger partial charge in [0.15, 0.2) is 0 Å². The van der Waals surface area contributed by atoms with E-state index in [1.807, 2.05) is 0 Å². The van der Waals surface area contributed by atoms with Crippen molar-refractivity contribution in [3.05, 3.63) is 117 Å². The normalized spacial score (nSPS) is 11.9. The van der Waals surface area contributed by atoms with Crippen LogP contribution in [0.5, 0.6) is 23.0 Å². The molecule has 0 fully saturated rings. The molecule has 0 aliphatic rings. The van der Waals surface area contributed by atoms with E-state index in [1.54, 1.807) is 60.7 Å². The summed E-state index contributed by atoms with van der Waals surface area (Å²) in [6.07, 6.45) is -12.4. The van der Waals surface area contributed by atoms with Crippen molar-refractivity contribution in [3.63, 3.8) is 0 Å². The molecule has 0 saturated carbocycles. The maximum absolute atomic E-state index is 13.4. The van der Waals surface area contributed by atoms with Gasteiger partial charge in [0.05, 0.1) is 11.1 Å². The number of hydrogen-bond donors (Lipinski definition) is 4. The Bertz CT molecular complexity index is 1550. The number of carbonyl (C=O) groups is 2. The fourth-order valence-electron chi connectivity index (χ4n) is 4.62. The van der Waals surface area contributed by atoms with Gasteiger partial charge in [-0.3, -0.25) is 9.59 Å². The van der Waals surface area contributed by atoms with E-state index in [0.29, 0.717) is 23.3 Å². The van der Waals surface area contributed by atoms with Gasteiger partial charge in [-0.25, -0.2) is 0 Å². The summed E-state index contributed by atoms with van der Waals surface area (Å²) in [6, 6.07) is 17.2. The van der Waals surface area contributed by atoms with Crippen LogP contribution in [0.1, 0.15) is 54.1 Å². The van der Waals surface area contributed by atoms with Crippen LogP contribution in [-0.2, 0) is 19.3 Å². The number of aromatic hydroxyl groups is 4. The zero-order valence-corrected chi connectivity index (χ0v) is 21.9. The highest BCUT2D eigenvalue weighted by atomic mass is 19.4. The van der Waals surface area contributed by atoms with Crippen molar-refractivity contribution in [1.82, 2.24) is 0 Å². The number of ketones is 2. The van der Waals surface area contributed by atoms with E-state index in [0.717, 1.165) is 0 Å². The van der Waals surface area contributed by atoms with Gasteiger partial charge in [-0.2, -0.15) is 26.3 Å². The molecule has 0 aliphatic heterocycles. The van der Waals surface area contributed by atoms with Crippen LogP contribution in [0, 0.1) is 0 Å². The molecule has 0 bridgehead atoms. The van der Waals surface area contributed by atoms with Crippen molar-refractivity contribution in [1.29, 1.82) is 0 Å². The Labute approximate surface area is 240 Å². The molecule has 0 aromatic heterocycles. The minimum absolute atomic E-state index is 0.234. The fourth-order valence-corrected chi connectivity index (χ4v) is 4.62. The zero-order chi connectivity index (χ0) is 31.7. The Morgan fingerprint density at radius 1 is 0.512 bits per heavy atom. The molecule has 0 spiro atoms. The van der Waals surface area contributed by atoms with Crippen molar-refractivity contribution in [2.75, 3.05) is 0 Å². The molecule has 4 N–H and O–H groups in total. The van der Waals surface area contributed by atoms with Crippen LogP contribution < -0.4 is 0 Å². The van der Waals surface area contributed by atoms with Crippen LogP contribution in [0.25, 0.3) is 0 Å². The number of halogens is 6. The first kappa shape index (κ1) is 30.9. The summed E-state index contributed by atoms with van der Waals surface area (Å²) >= 11 is 0. The Morgan fingerprint density at radius 2 is 0.837 bits per heavy atom. The first-order valence-corrected chi connectivity index (χ1v) is 12.5. The molecule has 4 aromatic carbocycles. The predicted octanol–water partition coefficient (Wildman–Crippen LogP) is 6.77. The quantitative estimate of drug-likeness (QED) is 0.130. The smallest absolute Gasteiger partial charge is 0.455 e. The monoisotopic (exact) mass is 604 g/mol. The van der Waals surface area contributed by atoms with Gasteiger partial charge < -0.3 is 20.4 Å². The number of carbonyl (C=O) groups excluding carboxylic acids is 2. The Morgan fingerprint density at radius 3 is 1.14 bits per heavy atom. The minimum atomic E-state index is -5.46. The first-order chi connectivity index (χ1) is 20.1. The maximum Gasteiger partial charge on any atom is 0.455 e. The number of rotatable bonds is 8. The number of alkyl halides is 6. The average molecular weight is 604 g/mol. The third-order valence-electron chi connectivity index (χ3n) is 6.73. The first-order valence-electron chi connectivity index (χ1n) is 12.5. The molecule has 0 aliphatic carbocycles. The third kappa shape index (κ3) is 6.58. The van der Waals surface area contributed by atoms with E-state index in [4.69, 9.17) is 0 Å². The molecule has 0 amide bonds. The maximum atomic E-state index is 13.4. The molecule has 0 atom stereocenters. The summed E-state index contributed by atoms with van der Waals surface area (Å²) in [4.78, 5) is 24.4. The lowest BCUT2D eigenvalue weighted by Gasteiger charge is -2.20. The summed E-state index contributed by atoms with van der Waals surface area (Å²) in [5.74, 6) is -9.35. The van der Waals surface area contributed by atoms with Crippen LogP contribution in [-0.4, -0.2) is 44.3 Å². The standard InChI is InChI=1S/C31H22F6O6/c32-30(33,34)28(42)22-13-18(11-16-7-3-1-4-8-16)24(38)20(26(22)40)15-21-25(39)19(12-17-9-5-2-6-10-17)14-23(27(21)41)29(43)31(35,36)37/h1-10,13-14,38-41H,11-12,15H2. The Balaban J connectivity index is 1.95. The van der Waals surface area contributed by atoms with Gasteiger partial charge in [0, 0.05) is 30.4 Å². The van der Waals surface area contributed by atoms with Gasteiger partial charge in [0.25, 0.3) is 11.6 Å². The summed E-state index contributed by atoms with van der Waals surface area (Å²) in [5.41, 5.74) is -3.70. The van der Waals surface area contributed by atoms with Crippen molar-refractivity contribution in [2.24, 2.45) is 0 Å². The van der Waals surface area contributed by atoms with Gasteiger partial charge in [-0.05, 0) is 34.4 Å². The Hall–Kier alpha value is -5.00. The van der Waals surface area contributed by atoms with Crippen LogP contribution in [0.4, 0.5) is 26.3 Å². The highest BCUT2D eigenvalue weighted by Crippen LogP contribution is 2.44. The van der Waals surface area contributed by atoms with E-state index in [9.17, 15) is 56.4 Å². The van der Waals surface area contributed by atoms with Crippen LogP contribution in [0.3, 0.4) is 0 Å². The van der Waals surface area contributed by atoms with Crippen LogP contribution >= 0.6 is 0 Å². The third-order valence-corrected chi connectivity index (χ3v) is 6.73. The van der Waals surface area contributed by atoms with Crippen molar-refractivity contribution < 1.29 is 56.4 Å². The lowest BCUT2D eigenvalue weighted by atomic mass is 9.89. The molecule has 6 nitrogen and oxygen atoms in total. The van der Waals surface area contributed by atoms with E-state index >= 15 is 0 Å². The lowest BCUT2D eigenvalue weighted by Crippen LogP contribution is -2.24. The molecule has 224 valence electrons. The number of phenols is 4. The number of hydrogen-bond acceptors (Lipinski definition) is 6. The van der Waals surface area contributed by atoms with E-state index in [1.165, 1.54) is 0 Å². The van der Waals surface area contributed by atoms with Gasteiger partial charge in [0.2, 0.25) is 0 Å². The van der Waals surface area contributed by atoms with Gasteiger partial charge in [-0.1, -0.05) is 60.7 Å². The van der Waals surface area contributed by atoms with Gasteiger partial charge in [-0.15, -0.1) is 0 Å². The van der Waals surface area contributed by atoms with Crippen molar-refractivity contribution in [3.8, 4) is 23.0 Å². The molecule has 4 aromatic rings. The van der Waals surface area contributed by atoms with Crippen LogP contribution in [0.2, 0.25) is 0 Å². The SMILES string of the molecule is O=C(c1cc(Cc2ccccc2)c(O)c(Cc2c(O)c(Cc3ccccc3)cc(C(=O)C(F)(F)F)c2O)c1O)C(F)(F)F. The Kier molecular flexibility index (Phi) is 8.43. The molecule has 43 heavy (non-hydrogen) atoms. The second-order valence-electron chi connectivity index (χ2n) is 9.67.